The summed E-state index contributed by atoms with van der Waals surface area (Å²) in [5.74, 6) is -1.31. The van der Waals surface area contributed by atoms with Gasteiger partial charge in [-0.25, -0.2) is 4.39 Å². The number of aliphatic hydroxyl groups excluding tert-OH is 1. The van der Waals surface area contributed by atoms with E-state index in [-0.39, 0.29) is 6.61 Å². The second-order valence-corrected chi connectivity index (χ2v) is 3.95. The number of hydrogen-bond donors (Lipinski definition) is 1. The molecule has 0 aromatic carbocycles. The van der Waals surface area contributed by atoms with Crippen LogP contribution >= 0.6 is 0 Å². The summed E-state index contributed by atoms with van der Waals surface area (Å²) in [6, 6.07) is -1.18. The number of hydrogen-bond acceptors (Lipinski definition) is 6. The van der Waals surface area contributed by atoms with Gasteiger partial charge in [0.15, 0.2) is 6.17 Å². The Morgan fingerprint density at radius 3 is 2.50 bits per heavy atom. The molecule has 1 rings (SSSR count). The summed E-state index contributed by atoms with van der Waals surface area (Å²) in [5.41, 5.74) is 0. The van der Waals surface area contributed by atoms with Crippen molar-refractivity contribution in [2.24, 2.45) is 0 Å². The Morgan fingerprint density at radius 2 is 2.00 bits per heavy atom. The van der Waals surface area contributed by atoms with Gasteiger partial charge in [0, 0.05) is 13.8 Å². The van der Waals surface area contributed by atoms with Gasteiger partial charge in [-0.2, -0.15) is 0 Å². The average molecular weight is 260 g/mol. The molecule has 0 saturated carbocycles. The van der Waals surface area contributed by atoms with E-state index in [1.807, 2.05) is 0 Å². The summed E-state index contributed by atoms with van der Waals surface area (Å²) in [5, 5.41) is 9.64. The highest BCUT2D eigenvalue weighted by atomic mass is 19.1. The van der Waals surface area contributed by atoms with Crippen molar-refractivity contribution in [2.75, 3.05) is 6.61 Å². The van der Waals surface area contributed by atoms with Gasteiger partial charge in [0.05, 0.1) is 6.00 Å². The number of carbonyl (C=O) groups excluding carboxylic acids is 2. The quantitative estimate of drug-likeness (QED) is 0.521. The number of ether oxygens (including phenoxy) is 3. The highest BCUT2D eigenvalue weighted by molar-refractivity contribution is 6.11. The van der Waals surface area contributed by atoms with Gasteiger partial charge in [-0.1, -0.05) is 0 Å². The second-order valence-electron chi connectivity index (χ2n) is 3.95. The summed E-state index contributed by atoms with van der Waals surface area (Å²) in [6.45, 7) is 1.90. The first-order valence-electron chi connectivity index (χ1n) is 5.36. The fraction of sp³-hybridized carbons (Fsp3) is 0.800. The fourth-order valence-electron chi connectivity index (χ4n) is 1.61. The number of halogens is 1. The SMILES string of the molecule is [B]C1OC(COC(C)=O)C(F)C(O)C1OC(C)=O. The van der Waals surface area contributed by atoms with E-state index in [2.05, 4.69) is 9.47 Å². The molecular weight excluding hydrogens is 246 g/mol. The molecule has 0 amide bonds. The van der Waals surface area contributed by atoms with Crippen LogP contribution in [0.15, 0.2) is 0 Å². The third-order valence-corrected chi connectivity index (χ3v) is 2.43. The topological polar surface area (TPSA) is 82.1 Å². The van der Waals surface area contributed by atoms with Crippen LogP contribution in [0.3, 0.4) is 0 Å². The van der Waals surface area contributed by atoms with Crippen molar-refractivity contribution in [3.05, 3.63) is 0 Å². The zero-order chi connectivity index (χ0) is 13.9. The van der Waals surface area contributed by atoms with Crippen molar-refractivity contribution in [3.63, 3.8) is 0 Å². The molecule has 1 aliphatic heterocycles. The van der Waals surface area contributed by atoms with Gasteiger partial charge in [0.1, 0.15) is 32.8 Å². The average Bonchev–Trinajstić information content (AvgIpc) is 2.27. The molecule has 0 spiro atoms. The number of rotatable bonds is 3. The number of alkyl halides is 1. The summed E-state index contributed by atoms with van der Waals surface area (Å²) in [6.07, 6.45) is -5.97. The molecule has 1 saturated heterocycles. The van der Waals surface area contributed by atoms with E-state index in [4.69, 9.17) is 12.6 Å². The van der Waals surface area contributed by atoms with Gasteiger partial charge in [-0.05, 0) is 0 Å². The molecule has 6 nitrogen and oxygen atoms in total. The third kappa shape index (κ3) is 3.68. The highest BCUT2D eigenvalue weighted by Crippen LogP contribution is 2.24. The maximum atomic E-state index is 13.8. The van der Waals surface area contributed by atoms with Crippen LogP contribution in [0, 0.1) is 0 Å². The molecule has 1 N–H and O–H groups in total. The van der Waals surface area contributed by atoms with E-state index in [9.17, 15) is 19.1 Å². The summed E-state index contributed by atoms with van der Waals surface area (Å²) >= 11 is 0. The minimum Gasteiger partial charge on any atom is -0.463 e. The summed E-state index contributed by atoms with van der Waals surface area (Å²) in [7, 11) is 5.51. The van der Waals surface area contributed by atoms with E-state index in [0.717, 1.165) is 13.8 Å². The highest BCUT2D eigenvalue weighted by Gasteiger charge is 2.45. The zero-order valence-electron chi connectivity index (χ0n) is 10.0. The first-order chi connectivity index (χ1) is 8.32. The van der Waals surface area contributed by atoms with Crippen LogP contribution in [0.4, 0.5) is 4.39 Å². The predicted octanol–water partition coefficient (Wildman–Crippen LogP) is -0.926. The van der Waals surface area contributed by atoms with Crippen LogP contribution in [-0.4, -0.2) is 62.0 Å². The van der Waals surface area contributed by atoms with Gasteiger partial charge in [-0.15, -0.1) is 0 Å². The molecule has 8 heteroatoms. The van der Waals surface area contributed by atoms with Crippen LogP contribution < -0.4 is 0 Å². The Kier molecular flexibility index (Phi) is 5.09. The monoisotopic (exact) mass is 260 g/mol. The number of carbonyl (C=O) groups is 2. The van der Waals surface area contributed by atoms with Gasteiger partial charge in [0.2, 0.25) is 0 Å². The molecule has 0 aromatic heterocycles. The summed E-state index contributed by atoms with van der Waals surface area (Å²) in [4.78, 5) is 21.4. The maximum Gasteiger partial charge on any atom is 0.303 e. The smallest absolute Gasteiger partial charge is 0.303 e. The first-order valence-corrected chi connectivity index (χ1v) is 5.36. The van der Waals surface area contributed by atoms with Crippen LogP contribution in [-0.2, 0) is 23.8 Å². The van der Waals surface area contributed by atoms with Gasteiger partial charge in [0.25, 0.3) is 0 Å². The van der Waals surface area contributed by atoms with Crippen molar-refractivity contribution in [1.29, 1.82) is 0 Å². The molecular formula is C10H14BFO6. The zero-order valence-corrected chi connectivity index (χ0v) is 10.0. The largest absolute Gasteiger partial charge is 0.463 e. The number of esters is 2. The normalized spacial score (nSPS) is 35.9. The summed E-state index contributed by atoms with van der Waals surface area (Å²) < 4.78 is 28.0. The van der Waals surface area contributed by atoms with Crippen LogP contribution in [0.25, 0.3) is 0 Å². The van der Waals surface area contributed by atoms with Crippen molar-refractivity contribution in [1.82, 2.24) is 0 Å². The lowest BCUT2D eigenvalue weighted by molar-refractivity contribution is -0.208. The molecule has 1 heterocycles. The molecule has 100 valence electrons. The maximum absolute atomic E-state index is 13.8. The Bertz CT molecular complexity index is 323. The lowest BCUT2D eigenvalue weighted by Gasteiger charge is -2.39. The molecule has 0 aliphatic carbocycles. The van der Waals surface area contributed by atoms with E-state index >= 15 is 0 Å². The van der Waals surface area contributed by atoms with Gasteiger partial charge < -0.3 is 19.3 Å². The fourth-order valence-corrected chi connectivity index (χ4v) is 1.61. The molecule has 5 atom stereocenters. The first kappa shape index (κ1) is 14.9. The number of aliphatic hydroxyl groups is 1. The second kappa shape index (κ2) is 6.15. The van der Waals surface area contributed by atoms with Crippen LogP contribution in [0.2, 0.25) is 0 Å². The molecule has 18 heavy (non-hydrogen) atoms. The lowest BCUT2D eigenvalue weighted by atomic mass is 9.85. The standard InChI is InChI=1S/C10H14BFO6/c1-4(13)16-3-6-7(12)8(15)9(10(11)18-6)17-5(2)14/h6-10,15H,3H2,1-2H3. The third-order valence-electron chi connectivity index (χ3n) is 2.43. The molecule has 5 unspecified atom stereocenters. The Morgan fingerprint density at radius 1 is 1.39 bits per heavy atom. The molecule has 0 bridgehead atoms. The Balaban J connectivity index is 2.64. The van der Waals surface area contributed by atoms with Crippen molar-refractivity contribution in [2.45, 2.75) is 44.3 Å². The Hall–Kier alpha value is -1.15. The Labute approximate surface area is 105 Å². The molecule has 2 radical (unpaired) electrons. The van der Waals surface area contributed by atoms with Crippen LogP contribution in [0.5, 0.6) is 0 Å². The minimum atomic E-state index is -1.87. The molecule has 0 aromatic rings. The lowest BCUT2D eigenvalue weighted by Crippen LogP contribution is -2.58. The van der Waals surface area contributed by atoms with Crippen molar-refractivity contribution in [3.8, 4) is 0 Å². The molecule has 1 fully saturated rings. The van der Waals surface area contributed by atoms with E-state index in [0.29, 0.717) is 0 Å². The van der Waals surface area contributed by atoms with Crippen molar-refractivity contribution < 1.29 is 33.3 Å². The predicted molar refractivity (Wildman–Crippen MR) is 57.5 cm³/mol. The van der Waals surface area contributed by atoms with Gasteiger partial charge in [-0.3, -0.25) is 9.59 Å². The van der Waals surface area contributed by atoms with E-state index in [1.54, 1.807) is 0 Å². The van der Waals surface area contributed by atoms with Crippen molar-refractivity contribution >= 4 is 19.8 Å². The molecule has 1 aliphatic rings. The van der Waals surface area contributed by atoms with E-state index < -0.39 is 42.4 Å². The van der Waals surface area contributed by atoms with Gasteiger partial charge >= 0.3 is 11.9 Å². The van der Waals surface area contributed by atoms with E-state index in [1.165, 1.54) is 0 Å². The minimum absolute atomic E-state index is 0.367. The van der Waals surface area contributed by atoms with Crippen LogP contribution in [0.1, 0.15) is 13.8 Å².